The van der Waals surface area contributed by atoms with Crippen LogP contribution in [0.5, 0.6) is 0 Å². The van der Waals surface area contributed by atoms with Gasteiger partial charge in [0, 0.05) is 32.1 Å². The van der Waals surface area contributed by atoms with Crippen molar-refractivity contribution in [3.63, 3.8) is 0 Å². The third-order valence-corrected chi connectivity index (χ3v) is 3.84. The first-order valence-corrected chi connectivity index (χ1v) is 8.16. The molecule has 0 atom stereocenters. The summed E-state index contributed by atoms with van der Waals surface area (Å²) in [6.07, 6.45) is 2.38. The van der Waals surface area contributed by atoms with Crippen molar-refractivity contribution in [2.45, 2.75) is 47.0 Å². The van der Waals surface area contributed by atoms with Crippen molar-refractivity contribution in [3.8, 4) is 0 Å². The molecule has 0 aliphatic carbocycles. The molecule has 1 aromatic rings. The van der Waals surface area contributed by atoms with Gasteiger partial charge in [0.2, 0.25) is 11.8 Å². The van der Waals surface area contributed by atoms with E-state index in [-0.39, 0.29) is 11.8 Å². The van der Waals surface area contributed by atoms with Crippen LogP contribution in [-0.2, 0) is 9.59 Å². The molecule has 0 aromatic heterocycles. The fraction of sp³-hybridized carbons (Fsp3) is 0.556. The Bertz CT molecular complexity index is 492. The molecule has 4 nitrogen and oxygen atoms in total. The van der Waals surface area contributed by atoms with Crippen molar-refractivity contribution >= 4 is 17.5 Å². The molecule has 0 spiro atoms. The summed E-state index contributed by atoms with van der Waals surface area (Å²) in [5.41, 5.74) is 1.99. The van der Waals surface area contributed by atoms with E-state index in [1.54, 1.807) is 6.92 Å². The van der Waals surface area contributed by atoms with Crippen LogP contribution in [0.4, 0.5) is 5.69 Å². The highest BCUT2D eigenvalue weighted by molar-refractivity contribution is 5.90. The van der Waals surface area contributed by atoms with Crippen LogP contribution in [0.2, 0.25) is 0 Å². The van der Waals surface area contributed by atoms with Crippen molar-refractivity contribution in [1.29, 1.82) is 0 Å². The van der Waals surface area contributed by atoms with E-state index in [0.29, 0.717) is 12.3 Å². The second-order valence-corrected chi connectivity index (χ2v) is 5.57. The Kier molecular flexibility index (Phi) is 7.64. The molecule has 2 rings (SSSR count). The highest BCUT2D eigenvalue weighted by Crippen LogP contribution is 2.21. The van der Waals surface area contributed by atoms with E-state index < -0.39 is 0 Å². The van der Waals surface area contributed by atoms with E-state index in [1.165, 1.54) is 0 Å². The molecule has 1 aromatic carbocycles. The predicted molar refractivity (Wildman–Crippen MR) is 90.8 cm³/mol. The van der Waals surface area contributed by atoms with E-state index in [4.69, 9.17) is 0 Å². The average Bonchev–Trinajstić information content (AvgIpc) is 2.49. The number of aryl methyl sites for hydroxylation is 1. The van der Waals surface area contributed by atoms with Crippen LogP contribution < -0.4 is 5.32 Å². The lowest BCUT2D eigenvalue weighted by Gasteiger charge is -2.30. The largest absolute Gasteiger partial charge is 0.343 e. The number of hydrogen-bond donors (Lipinski definition) is 1. The Hall–Kier alpha value is -1.84. The van der Waals surface area contributed by atoms with Crippen molar-refractivity contribution in [2.75, 3.05) is 18.4 Å². The highest BCUT2D eigenvalue weighted by atomic mass is 16.2. The van der Waals surface area contributed by atoms with Gasteiger partial charge in [0.25, 0.3) is 0 Å². The Morgan fingerprint density at radius 2 is 1.86 bits per heavy atom. The Morgan fingerprint density at radius 1 is 1.23 bits per heavy atom. The van der Waals surface area contributed by atoms with Crippen molar-refractivity contribution in [3.05, 3.63) is 29.8 Å². The van der Waals surface area contributed by atoms with Gasteiger partial charge >= 0.3 is 0 Å². The zero-order valence-corrected chi connectivity index (χ0v) is 14.2. The maximum Gasteiger partial charge on any atom is 0.224 e. The minimum atomic E-state index is 0.0666. The Labute approximate surface area is 133 Å². The number of nitrogens with one attached hydrogen (secondary N) is 1. The van der Waals surface area contributed by atoms with Crippen LogP contribution in [0.1, 0.15) is 45.6 Å². The molecule has 1 heterocycles. The molecule has 4 heteroatoms. The molecule has 122 valence electrons. The zero-order valence-electron chi connectivity index (χ0n) is 14.2. The van der Waals surface area contributed by atoms with E-state index in [0.717, 1.165) is 37.2 Å². The van der Waals surface area contributed by atoms with E-state index >= 15 is 0 Å². The summed E-state index contributed by atoms with van der Waals surface area (Å²) in [5, 5.41) is 2.94. The summed E-state index contributed by atoms with van der Waals surface area (Å²) in [6.45, 7) is 9.16. The van der Waals surface area contributed by atoms with Crippen LogP contribution in [0, 0.1) is 12.8 Å². The van der Waals surface area contributed by atoms with Crippen LogP contribution >= 0.6 is 0 Å². The number of anilines is 1. The van der Waals surface area contributed by atoms with Crippen molar-refractivity contribution in [1.82, 2.24) is 4.90 Å². The van der Waals surface area contributed by atoms with Crippen molar-refractivity contribution in [2.24, 2.45) is 5.92 Å². The van der Waals surface area contributed by atoms with Crippen LogP contribution in [0.3, 0.4) is 0 Å². The number of hydrogen-bond acceptors (Lipinski definition) is 2. The summed E-state index contributed by atoms with van der Waals surface area (Å²) in [5.74, 6) is 0.583. The first-order chi connectivity index (χ1) is 10.5. The minimum absolute atomic E-state index is 0.0666. The van der Waals surface area contributed by atoms with Gasteiger partial charge in [-0.15, -0.1) is 0 Å². The van der Waals surface area contributed by atoms with Gasteiger partial charge in [-0.1, -0.05) is 26.0 Å². The molecule has 0 unspecified atom stereocenters. The number of piperidine rings is 1. The van der Waals surface area contributed by atoms with Gasteiger partial charge in [-0.05, 0) is 43.4 Å². The molecule has 22 heavy (non-hydrogen) atoms. The van der Waals surface area contributed by atoms with Gasteiger partial charge in [-0.2, -0.15) is 0 Å². The second-order valence-electron chi connectivity index (χ2n) is 5.57. The first-order valence-electron chi connectivity index (χ1n) is 8.16. The van der Waals surface area contributed by atoms with E-state index in [9.17, 15) is 9.59 Å². The minimum Gasteiger partial charge on any atom is -0.343 e. The quantitative estimate of drug-likeness (QED) is 0.927. The van der Waals surface area contributed by atoms with Crippen molar-refractivity contribution < 1.29 is 9.59 Å². The summed E-state index contributed by atoms with van der Waals surface area (Å²) >= 11 is 0. The number of rotatable bonds is 3. The highest BCUT2D eigenvalue weighted by Gasteiger charge is 2.22. The normalized spacial score (nSPS) is 14.8. The molecule has 1 aliphatic heterocycles. The SMILES string of the molecule is CC.CC(=O)N1CCC(CC(=O)Nc2cccc(C)c2)CC1. The molecular formula is C18H28N2O2. The fourth-order valence-electron chi connectivity index (χ4n) is 2.65. The molecule has 1 fully saturated rings. The topological polar surface area (TPSA) is 49.4 Å². The van der Waals surface area contributed by atoms with Crippen LogP contribution in [0.25, 0.3) is 0 Å². The second kappa shape index (κ2) is 9.23. The maximum absolute atomic E-state index is 12.0. The Balaban J connectivity index is 0.00000116. The molecular weight excluding hydrogens is 276 g/mol. The summed E-state index contributed by atoms with van der Waals surface area (Å²) in [6, 6.07) is 7.82. The molecule has 0 bridgehead atoms. The molecule has 1 N–H and O–H groups in total. The standard InChI is InChI=1S/C16H22N2O2.C2H6/c1-12-4-3-5-15(10-12)17-16(20)11-14-6-8-18(9-7-14)13(2)19;1-2/h3-5,10,14H,6-9,11H2,1-2H3,(H,17,20);1-2H3. The number of carbonyl (C=O) groups excluding carboxylic acids is 2. The number of amides is 2. The van der Waals surface area contributed by atoms with Crippen LogP contribution in [-0.4, -0.2) is 29.8 Å². The van der Waals surface area contributed by atoms with E-state index in [2.05, 4.69) is 5.32 Å². The lowest BCUT2D eigenvalue weighted by Crippen LogP contribution is -2.37. The lowest BCUT2D eigenvalue weighted by atomic mass is 9.93. The molecule has 2 amide bonds. The number of benzene rings is 1. The number of nitrogens with zero attached hydrogens (tertiary/aromatic N) is 1. The zero-order chi connectivity index (χ0) is 16.5. The van der Waals surface area contributed by atoms with Crippen LogP contribution in [0.15, 0.2) is 24.3 Å². The molecule has 0 saturated carbocycles. The summed E-state index contributed by atoms with van der Waals surface area (Å²) in [7, 11) is 0. The van der Waals surface area contributed by atoms with Gasteiger partial charge in [0.15, 0.2) is 0 Å². The monoisotopic (exact) mass is 304 g/mol. The third-order valence-electron chi connectivity index (χ3n) is 3.84. The van der Waals surface area contributed by atoms with Gasteiger partial charge < -0.3 is 10.2 Å². The molecule has 1 saturated heterocycles. The molecule has 1 aliphatic rings. The summed E-state index contributed by atoms with van der Waals surface area (Å²) in [4.78, 5) is 25.1. The average molecular weight is 304 g/mol. The first kappa shape index (κ1) is 18.2. The fourth-order valence-corrected chi connectivity index (χ4v) is 2.65. The number of likely N-dealkylation sites (tertiary alicyclic amines) is 1. The molecule has 0 radical (unpaired) electrons. The van der Waals surface area contributed by atoms with Gasteiger partial charge in [-0.3, -0.25) is 9.59 Å². The third kappa shape index (κ3) is 5.88. The lowest BCUT2D eigenvalue weighted by molar-refractivity contribution is -0.130. The van der Waals surface area contributed by atoms with Gasteiger partial charge in [0.05, 0.1) is 0 Å². The summed E-state index contributed by atoms with van der Waals surface area (Å²) < 4.78 is 0. The predicted octanol–water partition coefficient (Wildman–Crippen LogP) is 3.61. The van der Waals surface area contributed by atoms with Gasteiger partial charge in [-0.25, -0.2) is 0 Å². The number of carbonyl (C=O) groups is 2. The smallest absolute Gasteiger partial charge is 0.224 e. The van der Waals surface area contributed by atoms with E-state index in [1.807, 2.05) is 49.9 Å². The van der Waals surface area contributed by atoms with Gasteiger partial charge in [0.1, 0.15) is 0 Å². The Morgan fingerprint density at radius 3 is 2.41 bits per heavy atom. The maximum atomic E-state index is 12.0.